The Kier molecular flexibility index (Phi) is 5.81. The highest BCUT2D eigenvalue weighted by Crippen LogP contribution is 2.24. The Morgan fingerprint density at radius 1 is 1.00 bits per heavy atom. The van der Waals surface area contributed by atoms with E-state index in [0.29, 0.717) is 16.7 Å². The molecular formula is C21H21N3OS. The third kappa shape index (κ3) is 4.37. The summed E-state index contributed by atoms with van der Waals surface area (Å²) in [6, 6.07) is 22.2. The van der Waals surface area contributed by atoms with Crippen molar-refractivity contribution < 1.29 is 4.74 Å². The fourth-order valence-corrected chi connectivity index (χ4v) is 2.99. The molecule has 0 saturated carbocycles. The first-order chi connectivity index (χ1) is 12.7. The molecule has 2 N–H and O–H groups in total. The highest BCUT2D eigenvalue weighted by molar-refractivity contribution is 7.80. The summed E-state index contributed by atoms with van der Waals surface area (Å²) in [7, 11) is 1.61. The maximum atomic E-state index is 5.53. The van der Waals surface area contributed by atoms with Crippen molar-refractivity contribution in [3.63, 3.8) is 0 Å². The van der Waals surface area contributed by atoms with Crippen LogP contribution in [0.25, 0.3) is 0 Å². The molecule has 3 aromatic rings. The van der Waals surface area contributed by atoms with Gasteiger partial charge in [-0.05, 0) is 42.4 Å². The number of hydrogen-bond donors (Lipinski definition) is 2. The number of ether oxygens (including phenoxy) is 1. The predicted octanol–water partition coefficient (Wildman–Crippen LogP) is 4.47. The van der Waals surface area contributed by atoms with Gasteiger partial charge in [0, 0.05) is 6.20 Å². The average Bonchev–Trinajstić information content (AvgIpc) is 2.67. The van der Waals surface area contributed by atoms with Crippen LogP contribution in [0.15, 0.2) is 72.9 Å². The normalized spacial score (nSPS) is 11.5. The lowest BCUT2D eigenvalue weighted by Crippen LogP contribution is -2.33. The van der Waals surface area contributed by atoms with Gasteiger partial charge in [0.2, 0.25) is 0 Å². The molecule has 0 aliphatic heterocycles. The maximum Gasteiger partial charge on any atom is 0.174 e. The molecule has 0 saturated heterocycles. The molecule has 0 fully saturated rings. The number of anilines is 1. The van der Waals surface area contributed by atoms with Crippen LogP contribution in [0.1, 0.15) is 22.7 Å². The molecule has 2 aromatic carbocycles. The van der Waals surface area contributed by atoms with Gasteiger partial charge in [-0.25, -0.2) is 4.98 Å². The lowest BCUT2D eigenvalue weighted by molar-refractivity contribution is 0.415. The van der Waals surface area contributed by atoms with Crippen LogP contribution in [0.2, 0.25) is 0 Å². The van der Waals surface area contributed by atoms with Crippen LogP contribution in [0, 0.1) is 6.92 Å². The first kappa shape index (κ1) is 17.9. The Hall–Kier alpha value is -2.92. The second-order valence-electron chi connectivity index (χ2n) is 5.91. The number of aryl methyl sites for hydroxylation is 1. The fraction of sp³-hybridized carbons (Fsp3) is 0.143. The van der Waals surface area contributed by atoms with Crippen molar-refractivity contribution >= 4 is 23.1 Å². The molecule has 0 radical (unpaired) electrons. The van der Waals surface area contributed by atoms with Gasteiger partial charge in [-0.2, -0.15) is 0 Å². The fourth-order valence-electron chi connectivity index (χ4n) is 2.78. The Balaban J connectivity index is 1.85. The van der Waals surface area contributed by atoms with Crippen LogP contribution in [-0.4, -0.2) is 17.2 Å². The zero-order valence-electron chi connectivity index (χ0n) is 14.8. The number of nitrogens with one attached hydrogen (secondary N) is 2. The second-order valence-corrected chi connectivity index (χ2v) is 6.32. The van der Waals surface area contributed by atoms with E-state index in [9.17, 15) is 0 Å². The Morgan fingerprint density at radius 3 is 2.50 bits per heavy atom. The number of hydrogen-bond acceptors (Lipinski definition) is 3. The van der Waals surface area contributed by atoms with Gasteiger partial charge < -0.3 is 15.4 Å². The van der Waals surface area contributed by atoms with Crippen LogP contribution in [0.3, 0.4) is 0 Å². The molecule has 26 heavy (non-hydrogen) atoms. The summed E-state index contributed by atoms with van der Waals surface area (Å²) in [6.45, 7) is 2.08. The number of benzene rings is 2. The van der Waals surface area contributed by atoms with Gasteiger partial charge in [0.15, 0.2) is 16.7 Å². The number of rotatable bonds is 5. The van der Waals surface area contributed by atoms with Crippen LogP contribution in [-0.2, 0) is 0 Å². The van der Waals surface area contributed by atoms with Crippen molar-refractivity contribution in [2.75, 3.05) is 12.4 Å². The molecule has 0 aliphatic rings. The molecule has 132 valence electrons. The second kappa shape index (κ2) is 8.45. The van der Waals surface area contributed by atoms with Crippen LogP contribution < -0.4 is 15.4 Å². The van der Waals surface area contributed by atoms with E-state index < -0.39 is 0 Å². The minimum absolute atomic E-state index is 0.0641. The Bertz CT molecular complexity index is 883. The predicted molar refractivity (Wildman–Crippen MR) is 110 cm³/mol. The molecule has 1 atom stereocenters. The van der Waals surface area contributed by atoms with Gasteiger partial charge in [0.1, 0.15) is 0 Å². The summed E-state index contributed by atoms with van der Waals surface area (Å²) < 4.78 is 5.32. The molecule has 5 heteroatoms. The highest BCUT2D eigenvalue weighted by atomic mass is 32.1. The van der Waals surface area contributed by atoms with Gasteiger partial charge in [-0.3, -0.25) is 0 Å². The molecule has 1 aromatic heterocycles. The summed E-state index contributed by atoms with van der Waals surface area (Å²) in [6.07, 6.45) is 1.70. The lowest BCUT2D eigenvalue weighted by Gasteiger charge is -2.22. The smallest absolute Gasteiger partial charge is 0.174 e. The standard InChI is InChI=1S/C21H21N3OS/c1-15-8-6-11-17(14-15)19(16-9-4-3-5-10-16)23-21(26)24-20-18(25-2)12-7-13-22-20/h3-14,19H,1-2H3,(H2,22,23,24,26)/t19-/m0/s1. The summed E-state index contributed by atoms with van der Waals surface area (Å²) in [5.74, 6) is 1.23. The topological polar surface area (TPSA) is 46.2 Å². The number of aromatic nitrogens is 1. The van der Waals surface area contributed by atoms with Crippen molar-refractivity contribution in [3.8, 4) is 5.75 Å². The van der Waals surface area contributed by atoms with Crippen LogP contribution >= 0.6 is 12.2 Å². The minimum atomic E-state index is -0.0641. The number of pyridine rings is 1. The van der Waals surface area contributed by atoms with Gasteiger partial charge in [0.25, 0.3) is 0 Å². The molecule has 3 rings (SSSR count). The van der Waals surface area contributed by atoms with E-state index in [0.717, 1.165) is 11.1 Å². The molecule has 0 amide bonds. The number of thiocarbonyl (C=S) groups is 1. The molecule has 1 heterocycles. The third-order valence-corrected chi connectivity index (χ3v) is 4.23. The SMILES string of the molecule is COc1cccnc1NC(=S)N[C@@H](c1ccccc1)c1cccc(C)c1. The summed E-state index contributed by atoms with van der Waals surface area (Å²) >= 11 is 5.53. The first-order valence-corrected chi connectivity index (χ1v) is 8.76. The largest absolute Gasteiger partial charge is 0.493 e. The maximum absolute atomic E-state index is 5.53. The van der Waals surface area contributed by atoms with E-state index in [1.165, 1.54) is 5.56 Å². The van der Waals surface area contributed by atoms with Crippen LogP contribution in [0.4, 0.5) is 5.82 Å². The molecule has 0 bridgehead atoms. The van der Waals surface area contributed by atoms with E-state index in [1.54, 1.807) is 13.3 Å². The van der Waals surface area contributed by atoms with E-state index in [4.69, 9.17) is 17.0 Å². The van der Waals surface area contributed by atoms with E-state index >= 15 is 0 Å². The van der Waals surface area contributed by atoms with Gasteiger partial charge in [-0.1, -0.05) is 60.2 Å². The van der Waals surface area contributed by atoms with E-state index in [-0.39, 0.29) is 6.04 Å². The average molecular weight is 363 g/mol. The Morgan fingerprint density at radius 2 is 1.77 bits per heavy atom. The molecule has 0 unspecified atom stereocenters. The van der Waals surface area contributed by atoms with Crippen LogP contribution in [0.5, 0.6) is 5.75 Å². The number of nitrogens with zero attached hydrogens (tertiary/aromatic N) is 1. The molecular weight excluding hydrogens is 342 g/mol. The van der Waals surface area contributed by atoms with Gasteiger partial charge >= 0.3 is 0 Å². The van der Waals surface area contributed by atoms with E-state index in [1.807, 2.05) is 30.3 Å². The lowest BCUT2D eigenvalue weighted by atomic mass is 9.97. The summed E-state index contributed by atoms with van der Waals surface area (Å²) in [4.78, 5) is 4.29. The van der Waals surface area contributed by atoms with Crippen molar-refractivity contribution in [1.29, 1.82) is 0 Å². The van der Waals surface area contributed by atoms with E-state index in [2.05, 4.69) is 58.9 Å². The van der Waals surface area contributed by atoms with Gasteiger partial charge in [-0.15, -0.1) is 0 Å². The number of methoxy groups -OCH3 is 1. The summed E-state index contributed by atoms with van der Waals surface area (Å²) in [5.41, 5.74) is 3.49. The highest BCUT2D eigenvalue weighted by Gasteiger charge is 2.16. The van der Waals surface area contributed by atoms with Crippen molar-refractivity contribution in [2.45, 2.75) is 13.0 Å². The quantitative estimate of drug-likeness (QED) is 0.655. The van der Waals surface area contributed by atoms with Crippen molar-refractivity contribution in [1.82, 2.24) is 10.3 Å². The zero-order valence-corrected chi connectivity index (χ0v) is 15.6. The van der Waals surface area contributed by atoms with Crippen molar-refractivity contribution in [3.05, 3.63) is 89.6 Å². The molecule has 4 nitrogen and oxygen atoms in total. The first-order valence-electron chi connectivity index (χ1n) is 8.35. The molecule has 0 aliphatic carbocycles. The summed E-state index contributed by atoms with van der Waals surface area (Å²) in [5, 5.41) is 7.02. The third-order valence-electron chi connectivity index (χ3n) is 4.01. The molecule has 0 spiro atoms. The van der Waals surface area contributed by atoms with Gasteiger partial charge in [0.05, 0.1) is 13.2 Å². The zero-order chi connectivity index (χ0) is 18.4. The minimum Gasteiger partial charge on any atom is -0.493 e. The monoisotopic (exact) mass is 363 g/mol. The Labute approximate surface area is 159 Å². The van der Waals surface area contributed by atoms with Crippen molar-refractivity contribution in [2.24, 2.45) is 0 Å².